The molecule has 1 amide bonds. The molecule has 0 fully saturated rings. The summed E-state index contributed by atoms with van der Waals surface area (Å²) >= 11 is 0. The average Bonchev–Trinajstić information content (AvgIpc) is 2.84. The Morgan fingerprint density at radius 1 is 1.23 bits per heavy atom. The van der Waals surface area contributed by atoms with Crippen LogP contribution >= 0.6 is 0 Å². The van der Waals surface area contributed by atoms with Crippen LogP contribution in [0.5, 0.6) is 5.75 Å². The number of sulfonamides is 1. The average molecular weight is 501 g/mol. The first-order valence-corrected chi connectivity index (χ1v) is 12.9. The fraction of sp³-hybridized carbons (Fsp3) is 0.423. The van der Waals surface area contributed by atoms with Gasteiger partial charge >= 0.3 is 0 Å². The van der Waals surface area contributed by atoms with E-state index in [1.807, 2.05) is 13.0 Å². The Morgan fingerprint density at radius 2 is 1.91 bits per heavy atom. The van der Waals surface area contributed by atoms with Crippen LogP contribution in [-0.2, 0) is 10.0 Å². The minimum absolute atomic E-state index is 0.0330. The predicted octanol–water partition coefficient (Wildman–Crippen LogP) is 1.96. The van der Waals surface area contributed by atoms with E-state index in [4.69, 9.17) is 4.74 Å². The highest BCUT2D eigenvalue weighted by molar-refractivity contribution is 7.89. The third-order valence-corrected chi connectivity index (χ3v) is 7.93. The Hall–Kier alpha value is -2.90. The number of benzene rings is 2. The summed E-state index contributed by atoms with van der Waals surface area (Å²) in [6.07, 6.45) is -1.37. The zero-order valence-corrected chi connectivity index (χ0v) is 21.2. The number of rotatable bonds is 5. The van der Waals surface area contributed by atoms with Gasteiger partial charge in [0, 0.05) is 36.7 Å². The van der Waals surface area contributed by atoms with E-state index in [0.29, 0.717) is 11.1 Å². The summed E-state index contributed by atoms with van der Waals surface area (Å²) in [5.41, 5.74) is 1.03. The van der Waals surface area contributed by atoms with Crippen LogP contribution in [0.2, 0.25) is 0 Å². The summed E-state index contributed by atoms with van der Waals surface area (Å²) in [5, 5.41) is 19.3. The van der Waals surface area contributed by atoms with Crippen LogP contribution in [0.15, 0.2) is 53.4 Å². The molecule has 0 bridgehead atoms. The van der Waals surface area contributed by atoms with E-state index in [9.17, 15) is 23.4 Å². The number of aliphatic hydroxyl groups is 2. The molecule has 0 aromatic heterocycles. The van der Waals surface area contributed by atoms with E-state index in [1.165, 1.54) is 23.4 Å². The first-order valence-electron chi connectivity index (χ1n) is 11.5. The molecule has 8 nitrogen and oxygen atoms in total. The summed E-state index contributed by atoms with van der Waals surface area (Å²) in [5.74, 6) is 5.11. The van der Waals surface area contributed by atoms with Gasteiger partial charge in [-0.3, -0.25) is 4.79 Å². The zero-order valence-electron chi connectivity index (χ0n) is 20.4. The molecular formula is C26H32N2O6S. The topological polar surface area (TPSA) is 107 Å². The SMILES string of the molecule is C[C@H](O)C#Cc1ccc2c(c1)O[C@@H](CN(C)C(=O)c1ccccc1)[C@H](C)CN([C@@H](C)CO)S2(=O)=O. The Balaban J connectivity index is 2.02. The van der Waals surface area contributed by atoms with Gasteiger partial charge < -0.3 is 19.8 Å². The van der Waals surface area contributed by atoms with Crippen molar-refractivity contribution < 1.29 is 28.2 Å². The van der Waals surface area contributed by atoms with Crippen LogP contribution < -0.4 is 4.74 Å². The van der Waals surface area contributed by atoms with E-state index >= 15 is 0 Å². The van der Waals surface area contributed by atoms with Crippen molar-refractivity contribution in [2.45, 2.75) is 43.9 Å². The summed E-state index contributed by atoms with van der Waals surface area (Å²) in [6, 6.07) is 12.8. The molecule has 0 saturated carbocycles. The van der Waals surface area contributed by atoms with Crippen molar-refractivity contribution in [1.82, 2.24) is 9.21 Å². The molecule has 0 saturated heterocycles. The molecule has 2 aromatic carbocycles. The van der Waals surface area contributed by atoms with Crippen molar-refractivity contribution in [1.29, 1.82) is 0 Å². The highest BCUT2D eigenvalue weighted by Crippen LogP contribution is 2.34. The molecule has 1 aliphatic heterocycles. The lowest BCUT2D eigenvalue weighted by molar-refractivity contribution is 0.0563. The van der Waals surface area contributed by atoms with Gasteiger partial charge in [-0.25, -0.2) is 8.42 Å². The monoisotopic (exact) mass is 500 g/mol. The number of ether oxygens (including phenoxy) is 1. The van der Waals surface area contributed by atoms with Crippen molar-refractivity contribution in [3.8, 4) is 17.6 Å². The van der Waals surface area contributed by atoms with Gasteiger partial charge in [-0.2, -0.15) is 4.31 Å². The number of amides is 1. The lowest BCUT2D eigenvalue weighted by Crippen LogP contribution is -2.50. The molecule has 1 aliphatic rings. The third-order valence-electron chi connectivity index (χ3n) is 5.91. The number of hydrogen-bond donors (Lipinski definition) is 2. The first kappa shape index (κ1) is 26.7. The Kier molecular flexibility index (Phi) is 8.56. The minimum Gasteiger partial charge on any atom is -0.487 e. The maximum absolute atomic E-state index is 13.5. The maximum Gasteiger partial charge on any atom is 0.253 e. The maximum atomic E-state index is 13.5. The van der Waals surface area contributed by atoms with Crippen LogP contribution in [0.1, 0.15) is 36.7 Å². The van der Waals surface area contributed by atoms with E-state index in [-0.39, 0.29) is 42.2 Å². The lowest BCUT2D eigenvalue weighted by Gasteiger charge is -2.37. The van der Waals surface area contributed by atoms with Crippen molar-refractivity contribution in [2.24, 2.45) is 5.92 Å². The molecule has 9 heteroatoms. The van der Waals surface area contributed by atoms with Gasteiger partial charge in [-0.15, -0.1) is 0 Å². The van der Waals surface area contributed by atoms with E-state index in [0.717, 1.165) is 0 Å². The summed E-state index contributed by atoms with van der Waals surface area (Å²) < 4.78 is 34.6. The highest BCUT2D eigenvalue weighted by Gasteiger charge is 2.38. The summed E-state index contributed by atoms with van der Waals surface area (Å²) in [6.45, 7) is 5.05. The second-order valence-corrected chi connectivity index (χ2v) is 10.8. The molecular weight excluding hydrogens is 468 g/mol. The fourth-order valence-electron chi connectivity index (χ4n) is 3.86. The molecule has 0 aliphatic carbocycles. The molecule has 2 aromatic rings. The Labute approximate surface area is 207 Å². The molecule has 1 heterocycles. The predicted molar refractivity (Wildman–Crippen MR) is 132 cm³/mol. The van der Waals surface area contributed by atoms with Crippen molar-refractivity contribution in [2.75, 3.05) is 26.7 Å². The smallest absolute Gasteiger partial charge is 0.253 e. The molecule has 4 atom stereocenters. The van der Waals surface area contributed by atoms with Gasteiger partial charge in [-0.05, 0) is 44.2 Å². The normalized spacial score (nSPS) is 21.2. The standard InChI is InChI=1S/C26H32N2O6S/c1-18-15-28(19(2)17-29)35(32,33)25-13-12-21(11-10-20(3)30)14-23(25)34-24(18)16-27(4)26(31)22-8-6-5-7-9-22/h5-9,12-14,18-20,24,29-30H,15-17H2,1-4H3/t18-,19+,20+,24+/m1/s1. The largest absolute Gasteiger partial charge is 0.487 e. The molecule has 0 spiro atoms. The van der Waals surface area contributed by atoms with E-state index in [1.54, 1.807) is 49.2 Å². The third kappa shape index (κ3) is 6.21. The fourth-order valence-corrected chi connectivity index (χ4v) is 5.69. The van der Waals surface area contributed by atoms with E-state index < -0.39 is 28.3 Å². The van der Waals surface area contributed by atoms with Gasteiger partial charge in [0.05, 0.1) is 13.2 Å². The number of carbonyl (C=O) groups excluding carboxylic acids is 1. The van der Waals surface area contributed by atoms with Crippen LogP contribution in [0.3, 0.4) is 0 Å². The number of carbonyl (C=O) groups is 1. The first-order chi connectivity index (χ1) is 16.5. The number of fused-ring (bicyclic) bond motifs is 1. The molecule has 0 unspecified atom stereocenters. The van der Waals surface area contributed by atoms with Gasteiger partial charge in [0.2, 0.25) is 10.0 Å². The van der Waals surface area contributed by atoms with Gasteiger partial charge in [0.15, 0.2) is 0 Å². The van der Waals surface area contributed by atoms with Gasteiger partial charge in [-0.1, -0.05) is 37.0 Å². The van der Waals surface area contributed by atoms with Crippen LogP contribution in [0.4, 0.5) is 0 Å². The second kappa shape index (κ2) is 11.2. The molecule has 3 rings (SSSR count). The number of aliphatic hydroxyl groups excluding tert-OH is 2. The minimum atomic E-state index is -3.98. The van der Waals surface area contributed by atoms with Crippen LogP contribution in [0.25, 0.3) is 0 Å². The summed E-state index contributed by atoms with van der Waals surface area (Å²) in [7, 11) is -2.29. The Bertz CT molecular complexity index is 1200. The number of hydrogen-bond acceptors (Lipinski definition) is 6. The highest BCUT2D eigenvalue weighted by atomic mass is 32.2. The van der Waals surface area contributed by atoms with Crippen molar-refractivity contribution in [3.63, 3.8) is 0 Å². The molecule has 188 valence electrons. The van der Waals surface area contributed by atoms with Crippen molar-refractivity contribution in [3.05, 3.63) is 59.7 Å². The molecule has 2 N–H and O–H groups in total. The number of nitrogens with zero attached hydrogens (tertiary/aromatic N) is 2. The second-order valence-electron chi connectivity index (χ2n) is 8.90. The Morgan fingerprint density at radius 3 is 2.54 bits per heavy atom. The van der Waals surface area contributed by atoms with Crippen LogP contribution in [0, 0.1) is 17.8 Å². The molecule has 0 radical (unpaired) electrons. The quantitative estimate of drug-likeness (QED) is 0.608. The van der Waals surface area contributed by atoms with Gasteiger partial charge in [0.1, 0.15) is 22.9 Å². The number of likely N-dealkylation sites (N-methyl/N-ethyl adjacent to an activating group) is 1. The molecule has 35 heavy (non-hydrogen) atoms. The zero-order chi connectivity index (χ0) is 25.8. The van der Waals surface area contributed by atoms with Gasteiger partial charge in [0.25, 0.3) is 5.91 Å². The summed E-state index contributed by atoms with van der Waals surface area (Å²) in [4.78, 5) is 14.5. The van der Waals surface area contributed by atoms with E-state index in [2.05, 4.69) is 11.8 Å². The van der Waals surface area contributed by atoms with Crippen molar-refractivity contribution >= 4 is 15.9 Å². The lowest BCUT2D eigenvalue weighted by atomic mass is 10.0. The van der Waals surface area contributed by atoms with Crippen LogP contribution in [-0.4, -0.2) is 78.7 Å².